The number of anilines is 1. The van der Waals surface area contributed by atoms with Crippen molar-refractivity contribution in [2.24, 2.45) is 0 Å². The second-order valence-corrected chi connectivity index (χ2v) is 3.18. The van der Waals surface area contributed by atoms with Gasteiger partial charge in [0, 0.05) is 18.8 Å². The number of benzene rings is 1. The highest BCUT2D eigenvalue weighted by Gasteiger charge is 2.10. The van der Waals surface area contributed by atoms with Crippen LogP contribution in [0.15, 0.2) is 18.2 Å². The second kappa shape index (κ2) is 4.98. The van der Waals surface area contributed by atoms with Crippen LogP contribution in [0.5, 0.6) is 5.75 Å². The van der Waals surface area contributed by atoms with Gasteiger partial charge in [0.05, 0.1) is 6.61 Å². The lowest BCUT2D eigenvalue weighted by Gasteiger charge is -2.14. The maximum Gasteiger partial charge on any atom is 0.320 e. The average molecular weight is 232 g/mol. The number of hydrogen-bond donors (Lipinski definition) is 0. The van der Waals surface area contributed by atoms with E-state index in [0.29, 0.717) is 12.3 Å². The molecule has 0 spiro atoms. The molecule has 0 N–H and O–H groups in total. The first kappa shape index (κ1) is 11.8. The van der Waals surface area contributed by atoms with E-state index in [2.05, 4.69) is 0 Å². The molecule has 0 fully saturated rings. The molecule has 0 aliphatic rings. The van der Waals surface area contributed by atoms with Crippen molar-refractivity contribution in [3.63, 3.8) is 0 Å². The van der Waals surface area contributed by atoms with Crippen LogP contribution >= 0.6 is 11.6 Å². The molecular formula is C10H11ClFNO2. The van der Waals surface area contributed by atoms with Crippen LogP contribution in [0.3, 0.4) is 0 Å². The Morgan fingerprint density at radius 2 is 2.27 bits per heavy atom. The Morgan fingerprint density at radius 1 is 1.60 bits per heavy atom. The molecule has 0 radical (unpaired) electrons. The van der Waals surface area contributed by atoms with Gasteiger partial charge < -0.3 is 9.64 Å². The zero-order chi connectivity index (χ0) is 11.4. The lowest BCUT2D eigenvalue weighted by Crippen LogP contribution is -2.19. The summed E-state index contributed by atoms with van der Waals surface area (Å²) in [7, 11) is 1.46. The lowest BCUT2D eigenvalue weighted by molar-refractivity contribution is 0.265. The van der Waals surface area contributed by atoms with Gasteiger partial charge in [0.1, 0.15) is 0 Å². The Bertz CT molecular complexity index is 370. The van der Waals surface area contributed by atoms with Crippen LogP contribution in [0.2, 0.25) is 0 Å². The highest BCUT2D eigenvalue weighted by atomic mass is 35.5. The number of hydrogen-bond acceptors (Lipinski definition) is 2. The first-order valence-electron chi connectivity index (χ1n) is 4.41. The molecule has 0 aromatic heterocycles. The van der Waals surface area contributed by atoms with E-state index in [1.165, 1.54) is 19.2 Å². The molecule has 0 saturated heterocycles. The summed E-state index contributed by atoms with van der Waals surface area (Å²) in [6, 6.07) is 4.23. The summed E-state index contributed by atoms with van der Waals surface area (Å²) >= 11 is 5.25. The molecule has 15 heavy (non-hydrogen) atoms. The molecule has 0 saturated carbocycles. The normalized spacial score (nSPS) is 9.87. The van der Waals surface area contributed by atoms with Crippen LogP contribution in [-0.4, -0.2) is 19.0 Å². The molecule has 1 rings (SSSR count). The molecule has 82 valence electrons. The summed E-state index contributed by atoms with van der Waals surface area (Å²) in [6.45, 7) is 2.16. The minimum atomic E-state index is -0.668. The van der Waals surface area contributed by atoms with E-state index in [1.54, 1.807) is 13.0 Å². The van der Waals surface area contributed by atoms with E-state index in [4.69, 9.17) is 16.3 Å². The van der Waals surface area contributed by atoms with E-state index in [-0.39, 0.29) is 5.75 Å². The van der Waals surface area contributed by atoms with E-state index in [9.17, 15) is 9.18 Å². The smallest absolute Gasteiger partial charge is 0.320 e. The van der Waals surface area contributed by atoms with Crippen LogP contribution in [0.1, 0.15) is 6.92 Å². The van der Waals surface area contributed by atoms with E-state index in [1.807, 2.05) is 0 Å². The quantitative estimate of drug-likeness (QED) is 0.591. The molecule has 0 bridgehead atoms. The van der Waals surface area contributed by atoms with Gasteiger partial charge in [-0.25, -0.2) is 4.39 Å². The van der Waals surface area contributed by atoms with Gasteiger partial charge in [0.2, 0.25) is 0 Å². The number of halogens is 2. The van der Waals surface area contributed by atoms with Gasteiger partial charge in [-0.3, -0.25) is 4.79 Å². The molecule has 0 heterocycles. The van der Waals surface area contributed by atoms with Gasteiger partial charge in [-0.2, -0.15) is 0 Å². The standard InChI is InChI=1S/C10H11ClFNO2/c1-3-15-9-5-4-7(6-8(9)12)13(2)10(11)14/h4-6H,3H2,1-2H3. The summed E-state index contributed by atoms with van der Waals surface area (Å²) in [6.07, 6.45) is 0. The fourth-order valence-electron chi connectivity index (χ4n) is 1.07. The third-order valence-corrected chi connectivity index (χ3v) is 2.12. The Hall–Kier alpha value is -1.29. The molecule has 1 amide bonds. The van der Waals surface area contributed by atoms with Crippen molar-refractivity contribution in [2.75, 3.05) is 18.6 Å². The number of ether oxygens (including phenoxy) is 1. The summed E-state index contributed by atoms with van der Waals surface area (Å²) in [5, 5.41) is -0.668. The lowest BCUT2D eigenvalue weighted by atomic mass is 10.3. The maximum absolute atomic E-state index is 13.4. The molecule has 1 aromatic carbocycles. The van der Waals surface area contributed by atoms with Gasteiger partial charge in [0.25, 0.3) is 0 Å². The van der Waals surface area contributed by atoms with Gasteiger partial charge in [0.15, 0.2) is 11.6 Å². The largest absolute Gasteiger partial charge is 0.491 e. The van der Waals surface area contributed by atoms with Crippen LogP contribution < -0.4 is 9.64 Å². The van der Waals surface area contributed by atoms with Gasteiger partial charge in [-0.1, -0.05) is 0 Å². The van der Waals surface area contributed by atoms with Crippen molar-refractivity contribution < 1.29 is 13.9 Å². The number of amides is 1. The van der Waals surface area contributed by atoms with Crippen molar-refractivity contribution >= 4 is 22.7 Å². The van der Waals surface area contributed by atoms with E-state index in [0.717, 1.165) is 4.90 Å². The highest BCUT2D eigenvalue weighted by Crippen LogP contribution is 2.23. The molecule has 0 aliphatic carbocycles. The molecule has 0 atom stereocenters. The van der Waals surface area contributed by atoms with Crippen molar-refractivity contribution in [1.29, 1.82) is 0 Å². The average Bonchev–Trinajstić information content (AvgIpc) is 2.20. The van der Waals surface area contributed by atoms with Gasteiger partial charge in [-0.15, -0.1) is 0 Å². The van der Waals surface area contributed by atoms with Crippen molar-refractivity contribution in [2.45, 2.75) is 6.92 Å². The first-order chi connectivity index (χ1) is 7.06. The van der Waals surface area contributed by atoms with Crippen molar-refractivity contribution in [3.8, 4) is 5.75 Å². The summed E-state index contributed by atoms with van der Waals surface area (Å²) in [5.74, 6) is -0.351. The highest BCUT2D eigenvalue weighted by molar-refractivity contribution is 6.66. The maximum atomic E-state index is 13.4. The number of nitrogens with zero attached hydrogens (tertiary/aromatic N) is 1. The second-order valence-electron chi connectivity index (χ2n) is 2.86. The zero-order valence-electron chi connectivity index (χ0n) is 8.46. The summed E-state index contributed by atoms with van der Waals surface area (Å²) in [5.41, 5.74) is 0.385. The molecular weight excluding hydrogens is 221 g/mol. The van der Waals surface area contributed by atoms with Gasteiger partial charge >= 0.3 is 5.37 Å². The Kier molecular flexibility index (Phi) is 3.91. The molecule has 5 heteroatoms. The summed E-state index contributed by atoms with van der Waals surface area (Å²) < 4.78 is 18.4. The minimum absolute atomic E-state index is 0.164. The molecule has 1 aromatic rings. The number of carbonyl (C=O) groups is 1. The topological polar surface area (TPSA) is 29.5 Å². The van der Waals surface area contributed by atoms with Crippen molar-refractivity contribution in [3.05, 3.63) is 24.0 Å². The fraction of sp³-hybridized carbons (Fsp3) is 0.300. The number of rotatable bonds is 3. The third-order valence-electron chi connectivity index (χ3n) is 1.87. The minimum Gasteiger partial charge on any atom is -0.491 e. The van der Waals surface area contributed by atoms with Crippen LogP contribution in [0.25, 0.3) is 0 Å². The predicted molar refractivity (Wildman–Crippen MR) is 57.2 cm³/mol. The zero-order valence-corrected chi connectivity index (χ0v) is 9.21. The van der Waals surface area contributed by atoms with E-state index < -0.39 is 11.2 Å². The first-order valence-corrected chi connectivity index (χ1v) is 4.79. The molecule has 0 aliphatic heterocycles. The Labute approximate surface area is 92.4 Å². The van der Waals surface area contributed by atoms with Crippen LogP contribution in [0, 0.1) is 5.82 Å². The van der Waals surface area contributed by atoms with Crippen LogP contribution in [0.4, 0.5) is 14.9 Å². The van der Waals surface area contributed by atoms with Gasteiger partial charge in [-0.05, 0) is 30.7 Å². The SMILES string of the molecule is CCOc1ccc(N(C)C(=O)Cl)cc1F. The Balaban J connectivity index is 2.95. The number of carbonyl (C=O) groups excluding carboxylic acids is 1. The predicted octanol–water partition coefficient (Wildman–Crippen LogP) is 3.02. The third kappa shape index (κ3) is 2.83. The molecule has 3 nitrogen and oxygen atoms in total. The fourth-order valence-corrected chi connectivity index (χ4v) is 1.17. The Morgan fingerprint density at radius 3 is 2.73 bits per heavy atom. The van der Waals surface area contributed by atoms with Crippen LogP contribution in [-0.2, 0) is 0 Å². The van der Waals surface area contributed by atoms with E-state index >= 15 is 0 Å². The summed E-state index contributed by atoms with van der Waals surface area (Å²) in [4.78, 5) is 11.9. The molecule has 0 unspecified atom stereocenters. The monoisotopic (exact) mass is 231 g/mol. The van der Waals surface area contributed by atoms with Crippen molar-refractivity contribution in [1.82, 2.24) is 0 Å².